The zero-order chi connectivity index (χ0) is 17.3. The second kappa shape index (κ2) is 6.12. The van der Waals surface area contributed by atoms with E-state index >= 15 is 0 Å². The molecule has 1 saturated carbocycles. The second-order valence-corrected chi connectivity index (χ2v) is 6.26. The van der Waals surface area contributed by atoms with Gasteiger partial charge in [0.05, 0.1) is 5.56 Å². The lowest BCUT2D eigenvalue weighted by molar-refractivity contribution is 0.0891. The third kappa shape index (κ3) is 2.90. The molecule has 25 heavy (non-hydrogen) atoms. The lowest BCUT2D eigenvalue weighted by Gasteiger charge is -2.26. The summed E-state index contributed by atoms with van der Waals surface area (Å²) < 4.78 is 6.89. The van der Waals surface area contributed by atoms with Gasteiger partial charge in [-0.3, -0.25) is 9.36 Å². The molecule has 1 N–H and O–H groups in total. The van der Waals surface area contributed by atoms with E-state index in [1.165, 1.54) is 0 Å². The van der Waals surface area contributed by atoms with Crippen LogP contribution in [0.3, 0.4) is 0 Å². The predicted octanol–water partition coefficient (Wildman–Crippen LogP) is 2.16. The standard InChI is InChI=1S/C17H18N6O2/c1-12-20-16(22-25-12)17(6-2-3-7-17)21-15(24)13-4-5-14(19-10-13)23-9-8-18-11-23/h4-5,8-11H,2-3,6-7H2,1H3,(H,21,24). The molecule has 0 unspecified atom stereocenters. The fourth-order valence-electron chi connectivity index (χ4n) is 3.23. The number of nitrogens with zero attached hydrogens (tertiary/aromatic N) is 5. The molecule has 1 aliphatic carbocycles. The number of rotatable bonds is 4. The van der Waals surface area contributed by atoms with Crippen molar-refractivity contribution in [1.82, 2.24) is 30.0 Å². The van der Waals surface area contributed by atoms with Crippen molar-refractivity contribution in [2.45, 2.75) is 38.1 Å². The van der Waals surface area contributed by atoms with Gasteiger partial charge in [-0.2, -0.15) is 4.98 Å². The molecule has 1 fully saturated rings. The number of carbonyl (C=O) groups is 1. The van der Waals surface area contributed by atoms with E-state index in [1.54, 1.807) is 48.5 Å². The van der Waals surface area contributed by atoms with Crippen LogP contribution in [-0.4, -0.2) is 30.6 Å². The minimum atomic E-state index is -0.558. The van der Waals surface area contributed by atoms with Gasteiger partial charge in [0, 0.05) is 25.5 Å². The smallest absolute Gasteiger partial charge is 0.253 e. The van der Waals surface area contributed by atoms with E-state index in [1.807, 2.05) is 0 Å². The molecular weight excluding hydrogens is 320 g/mol. The molecule has 0 radical (unpaired) electrons. The highest BCUT2D eigenvalue weighted by atomic mass is 16.5. The van der Waals surface area contributed by atoms with E-state index in [2.05, 4.69) is 25.4 Å². The number of aromatic nitrogens is 5. The van der Waals surface area contributed by atoms with Gasteiger partial charge in [0.15, 0.2) is 5.82 Å². The molecule has 3 aromatic rings. The van der Waals surface area contributed by atoms with Gasteiger partial charge < -0.3 is 9.84 Å². The van der Waals surface area contributed by atoms with Crippen molar-refractivity contribution in [2.75, 3.05) is 0 Å². The summed E-state index contributed by atoms with van der Waals surface area (Å²) in [5.41, 5.74) is -0.0620. The maximum atomic E-state index is 12.7. The van der Waals surface area contributed by atoms with Gasteiger partial charge in [0.2, 0.25) is 5.89 Å². The number of carbonyl (C=O) groups excluding carboxylic acids is 1. The van der Waals surface area contributed by atoms with Gasteiger partial charge in [-0.15, -0.1) is 0 Å². The van der Waals surface area contributed by atoms with Gasteiger partial charge in [0.25, 0.3) is 5.91 Å². The fraction of sp³-hybridized carbons (Fsp3) is 0.353. The Morgan fingerprint density at radius 2 is 2.16 bits per heavy atom. The van der Waals surface area contributed by atoms with Gasteiger partial charge in [-0.05, 0) is 25.0 Å². The monoisotopic (exact) mass is 338 g/mol. The Labute approximate surface area is 144 Å². The maximum absolute atomic E-state index is 12.7. The molecule has 0 saturated heterocycles. The third-order valence-corrected chi connectivity index (χ3v) is 4.54. The number of nitrogens with one attached hydrogen (secondary N) is 1. The average molecular weight is 338 g/mol. The summed E-state index contributed by atoms with van der Waals surface area (Å²) in [5.74, 6) is 1.58. The zero-order valence-electron chi connectivity index (χ0n) is 13.8. The Bertz CT molecular complexity index is 863. The van der Waals surface area contributed by atoms with Crippen molar-refractivity contribution in [3.05, 3.63) is 54.3 Å². The van der Waals surface area contributed by atoms with E-state index < -0.39 is 5.54 Å². The number of imidazole rings is 1. The van der Waals surface area contributed by atoms with Gasteiger partial charge in [-0.1, -0.05) is 18.0 Å². The average Bonchev–Trinajstić information content (AvgIpc) is 3.37. The minimum Gasteiger partial charge on any atom is -0.340 e. The van der Waals surface area contributed by atoms with Gasteiger partial charge >= 0.3 is 0 Å². The van der Waals surface area contributed by atoms with Crippen molar-refractivity contribution in [3.63, 3.8) is 0 Å². The summed E-state index contributed by atoms with van der Waals surface area (Å²) in [6.07, 6.45) is 10.4. The molecule has 8 heteroatoms. The summed E-state index contributed by atoms with van der Waals surface area (Å²) >= 11 is 0. The molecule has 0 bridgehead atoms. The van der Waals surface area contributed by atoms with Crippen LogP contribution >= 0.6 is 0 Å². The zero-order valence-corrected chi connectivity index (χ0v) is 13.8. The third-order valence-electron chi connectivity index (χ3n) is 4.54. The van der Waals surface area contributed by atoms with Crippen molar-refractivity contribution in [3.8, 4) is 5.82 Å². The Hall–Kier alpha value is -3.03. The molecule has 1 aliphatic rings. The molecular formula is C17H18N6O2. The number of hydrogen-bond donors (Lipinski definition) is 1. The van der Waals surface area contributed by atoms with Crippen LogP contribution in [0.15, 0.2) is 41.6 Å². The first-order chi connectivity index (χ1) is 12.2. The predicted molar refractivity (Wildman–Crippen MR) is 88.0 cm³/mol. The largest absolute Gasteiger partial charge is 0.340 e. The molecule has 0 atom stereocenters. The summed E-state index contributed by atoms with van der Waals surface area (Å²) in [6, 6.07) is 3.54. The molecule has 4 rings (SSSR count). The summed E-state index contributed by atoms with van der Waals surface area (Å²) in [6.45, 7) is 1.75. The number of amides is 1. The Morgan fingerprint density at radius 3 is 2.76 bits per heavy atom. The Morgan fingerprint density at radius 1 is 1.32 bits per heavy atom. The molecule has 128 valence electrons. The minimum absolute atomic E-state index is 0.186. The lowest BCUT2D eigenvalue weighted by Crippen LogP contribution is -2.44. The van der Waals surface area contributed by atoms with Crippen LogP contribution in [0.5, 0.6) is 0 Å². The van der Waals surface area contributed by atoms with E-state index in [0.29, 0.717) is 23.1 Å². The van der Waals surface area contributed by atoms with Crippen LogP contribution in [0.2, 0.25) is 0 Å². The van der Waals surface area contributed by atoms with E-state index in [0.717, 1.165) is 25.7 Å². The quantitative estimate of drug-likeness (QED) is 0.782. The summed E-state index contributed by atoms with van der Waals surface area (Å²) in [4.78, 5) is 25.4. The summed E-state index contributed by atoms with van der Waals surface area (Å²) in [7, 11) is 0. The normalized spacial score (nSPS) is 16.0. The molecule has 0 spiro atoms. The fourth-order valence-corrected chi connectivity index (χ4v) is 3.23. The maximum Gasteiger partial charge on any atom is 0.253 e. The molecule has 3 aromatic heterocycles. The number of hydrogen-bond acceptors (Lipinski definition) is 6. The second-order valence-electron chi connectivity index (χ2n) is 6.26. The first-order valence-electron chi connectivity index (χ1n) is 8.24. The van der Waals surface area contributed by atoms with Crippen molar-refractivity contribution in [1.29, 1.82) is 0 Å². The van der Waals surface area contributed by atoms with Crippen LogP contribution in [0.25, 0.3) is 5.82 Å². The van der Waals surface area contributed by atoms with Gasteiger partial charge in [-0.25, -0.2) is 9.97 Å². The molecule has 0 aromatic carbocycles. The molecule has 8 nitrogen and oxygen atoms in total. The van der Waals surface area contributed by atoms with Gasteiger partial charge in [0.1, 0.15) is 17.7 Å². The number of aryl methyl sites for hydroxylation is 1. The molecule has 3 heterocycles. The first-order valence-corrected chi connectivity index (χ1v) is 8.24. The van der Waals surface area contributed by atoms with Crippen molar-refractivity contribution < 1.29 is 9.32 Å². The van der Waals surface area contributed by atoms with Crippen molar-refractivity contribution >= 4 is 5.91 Å². The van der Waals surface area contributed by atoms with Crippen molar-refractivity contribution in [2.24, 2.45) is 0 Å². The van der Waals surface area contributed by atoms with E-state index in [-0.39, 0.29) is 5.91 Å². The van der Waals surface area contributed by atoms with Crippen LogP contribution in [0, 0.1) is 6.92 Å². The van der Waals surface area contributed by atoms with Crippen LogP contribution in [0.1, 0.15) is 47.8 Å². The topological polar surface area (TPSA) is 98.7 Å². The van der Waals surface area contributed by atoms with E-state index in [4.69, 9.17) is 4.52 Å². The first kappa shape index (κ1) is 15.5. The highest BCUT2D eigenvalue weighted by Crippen LogP contribution is 2.37. The Kier molecular flexibility index (Phi) is 3.79. The van der Waals surface area contributed by atoms with Crippen LogP contribution in [0.4, 0.5) is 0 Å². The summed E-state index contributed by atoms with van der Waals surface area (Å²) in [5, 5.41) is 7.15. The highest BCUT2D eigenvalue weighted by molar-refractivity contribution is 5.94. The SMILES string of the molecule is Cc1nc(C2(NC(=O)c3ccc(-n4ccnc4)nc3)CCCC2)no1. The van der Waals surface area contributed by atoms with Crippen LogP contribution < -0.4 is 5.32 Å². The lowest BCUT2D eigenvalue weighted by atomic mass is 9.96. The molecule has 0 aliphatic heterocycles. The van der Waals surface area contributed by atoms with Crippen LogP contribution in [-0.2, 0) is 5.54 Å². The number of pyridine rings is 1. The molecule has 1 amide bonds. The Balaban J connectivity index is 1.56. The van der Waals surface area contributed by atoms with E-state index in [9.17, 15) is 4.79 Å². The highest BCUT2D eigenvalue weighted by Gasteiger charge is 2.41.